The van der Waals surface area contributed by atoms with Gasteiger partial charge in [0.15, 0.2) is 0 Å². The Labute approximate surface area is 119 Å². The molecule has 2 rings (SSSR count). The minimum absolute atomic E-state index is 0.0572. The van der Waals surface area contributed by atoms with Gasteiger partial charge < -0.3 is 14.8 Å². The average molecular weight is 300 g/mol. The van der Waals surface area contributed by atoms with Gasteiger partial charge in [0.1, 0.15) is 0 Å². The summed E-state index contributed by atoms with van der Waals surface area (Å²) in [4.78, 5) is 0. The van der Waals surface area contributed by atoms with Crippen LogP contribution in [0.25, 0.3) is 0 Å². The molecule has 1 aliphatic heterocycles. The second-order valence-corrected chi connectivity index (χ2v) is 6.39. The zero-order chi connectivity index (χ0) is 14.3. The summed E-state index contributed by atoms with van der Waals surface area (Å²) < 4.78 is 36.7. The first-order valence-electron chi connectivity index (χ1n) is 6.61. The Morgan fingerprint density at radius 1 is 1.15 bits per heavy atom. The topological polar surface area (TPSA) is 76.7 Å². The molecule has 20 heavy (non-hydrogen) atoms. The lowest BCUT2D eigenvalue weighted by molar-refractivity contribution is -0.0782. The first-order chi connectivity index (χ1) is 9.66. The van der Waals surface area contributed by atoms with Crippen LogP contribution in [-0.4, -0.2) is 53.2 Å². The van der Waals surface area contributed by atoms with Gasteiger partial charge in [-0.2, -0.15) is 0 Å². The van der Waals surface area contributed by atoms with E-state index in [1.54, 1.807) is 0 Å². The molecule has 0 spiro atoms. The van der Waals surface area contributed by atoms with Gasteiger partial charge in [0.05, 0.1) is 31.7 Å². The van der Waals surface area contributed by atoms with Crippen LogP contribution < -0.4 is 10.0 Å². The van der Waals surface area contributed by atoms with E-state index in [0.717, 1.165) is 5.69 Å². The monoisotopic (exact) mass is 300 g/mol. The molecule has 112 valence electrons. The molecule has 1 aromatic carbocycles. The molecule has 1 fully saturated rings. The molecule has 0 amide bonds. The molecule has 0 aliphatic carbocycles. The number of benzene rings is 1. The fourth-order valence-electron chi connectivity index (χ4n) is 1.91. The minimum Gasteiger partial charge on any atom is -0.384 e. The predicted octanol–water partition coefficient (Wildman–Crippen LogP) is 0.433. The molecule has 2 N–H and O–H groups in total. The zero-order valence-electron chi connectivity index (χ0n) is 11.2. The molecule has 1 aromatic rings. The number of nitrogens with one attached hydrogen (secondary N) is 2. The molecule has 7 heteroatoms. The number of ether oxygens (including phenoxy) is 2. The lowest BCUT2D eigenvalue weighted by Gasteiger charge is -2.22. The van der Waals surface area contributed by atoms with Crippen LogP contribution in [0.2, 0.25) is 0 Å². The molecule has 0 bridgehead atoms. The van der Waals surface area contributed by atoms with Crippen LogP contribution in [0, 0.1) is 0 Å². The van der Waals surface area contributed by atoms with Crippen LogP contribution in [-0.2, 0) is 19.5 Å². The quantitative estimate of drug-likeness (QED) is 0.714. The van der Waals surface area contributed by atoms with Crippen molar-refractivity contribution in [2.24, 2.45) is 0 Å². The Hall–Kier alpha value is -1.15. The third-order valence-electron chi connectivity index (χ3n) is 2.84. The largest absolute Gasteiger partial charge is 0.384 e. The summed E-state index contributed by atoms with van der Waals surface area (Å²) in [6, 6.07) is 9.64. The van der Waals surface area contributed by atoms with E-state index in [1.807, 2.05) is 30.3 Å². The highest BCUT2D eigenvalue weighted by molar-refractivity contribution is 7.89. The SMILES string of the molecule is O=S(=O)(CC1COCCO1)NCCNc1ccccc1. The Bertz CT molecular complexity index is 486. The molecular formula is C13H20N2O4S. The number of para-hydroxylation sites is 1. The first kappa shape index (κ1) is 15.2. The van der Waals surface area contributed by atoms with Crippen molar-refractivity contribution in [2.45, 2.75) is 6.10 Å². The third kappa shape index (κ3) is 5.46. The summed E-state index contributed by atoms with van der Waals surface area (Å²) in [5.41, 5.74) is 0.968. The Morgan fingerprint density at radius 3 is 2.65 bits per heavy atom. The molecule has 1 saturated heterocycles. The number of sulfonamides is 1. The van der Waals surface area contributed by atoms with Crippen LogP contribution in [0.5, 0.6) is 0 Å². The van der Waals surface area contributed by atoms with Crippen molar-refractivity contribution < 1.29 is 17.9 Å². The number of anilines is 1. The van der Waals surface area contributed by atoms with Gasteiger partial charge in [-0.05, 0) is 12.1 Å². The Balaban J connectivity index is 1.67. The van der Waals surface area contributed by atoms with Crippen molar-refractivity contribution in [3.63, 3.8) is 0 Å². The highest BCUT2D eigenvalue weighted by Gasteiger charge is 2.21. The molecule has 6 nitrogen and oxygen atoms in total. The Morgan fingerprint density at radius 2 is 1.95 bits per heavy atom. The third-order valence-corrected chi connectivity index (χ3v) is 4.29. The smallest absolute Gasteiger partial charge is 0.214 e. The van der Waals surface area contributed by atoms with Gasteiger partial charge in [0, 0.05) is 18.8 Å². The molecule has 1 unspecified atom stereocenters. The lowest BCUT2D eigenvalue weighted by Crippen LogP contribution is -2.40. The van der Waals surface area contributed by atoms with Gasteiger partial charge in [-0.1, -0.05) is 18.2 Å². The molecule has 1 heterocycles. The van der Waals surface area contributed by atoms with Crippen molar-refractivity contribution in [3.05, 3.63) is 30.3 Å². The van der Waals surface area contributed by atoms with E-state index in [4.69, 9.17) is 9.47 Å². The Kier molecular flexibility index (Phi) is 5.78. The van der Waals surface area contributed by atoms with Crippen LogP contribution >= 0.6 is 0 Å². The van der Waals surface area contributed by atoms with Gasteiger partial charge >= 0.3 is 0 Å². The van der Waals surface area contributed by atoms with Crippen molar-refractivity contribution in [1.82, 2.24) is 4.72 Å². The molecule has 1 aliphatic rings. The molecule has 0 saturated carbocycles. The molecule has 0 aromatic heterocycles. The number of hydrogen-bond acceptors (Lipinski definition) is 5. The van der Waals surface area contributed by atoms with Gasteiger partial charge in [-0.15, -0.1) is 0 Å². The zero-order valence-corrected chi connectivity index (χ0v) is 12.1. The standard InChI is InChI=1S/C13H20N2O4S/c16-20(17,11-13-10-18-8-9-19-13)15-7-6-14-12-4-2-1-3-5-12/h1-5,13-15H,6-11H2. The maximum Gasteiger partial charge on any atom is 0.214 e. The number of rotatable bonds is 7. The maximum atomic E-state index is 11.8. The van der Waals surface area contributed by atoms with E-state index in [0.29, 0.717) is 32.9 Å². The summed E-state index contributed by atoms with van der Waals surface area (Å²) in [5.74, 6) is -0.0572. The van der Waals surface area contributed by atoms with E-state index in [1.165, 1.54) is 0 Å². The van der Waals surface area contributed by atoms with E-state index in [-0.39, 0.29) is 11.9 Å². The van der Waals surface area contributed by atoms with Crippen molar-refractivity contribution >= 4 is 15.7 Å². The lowest BCUT2D eigenvalue weighted by atomic mass is 10.3. The predicted molar refractivity (Wildman–Crippen MR) is 77.3 cm³/mol. The molecular weight excluding hydrogens is 280 g/mol. The summed E-state index contributed by atoms with van der Waals surface area (Å²) >= 11 is 0. The summed E-state index contributed by atoms with van der Waals surface area (Å²) in [5, 5.41) is 3.14. The maximum absolute atomic E-state index is 11.8. The average Bonchev–Trinajstić information content (AvgIpc) is 2.45. The van der Waals surface area contributed by atoms with E-state index >= 15 is 0 Å². The molecule has 0 radical (unpaired) electrons. The van der Waals surface area contributed by atoms with Gasteiger partial charge in [-0.3, -0.25) is 0 Å². The first-order valence-corrected chi connectivity index (χ1v) is 8.26. The van der Waals surface area contributed by atoms with E-state index in [2.05, 4.69) is 10.0 Å². The minimum atomic E-state index is -3.33. The highest BCUT2D eigenvalue weighted by atomic mass is 32.2. The molecule has 1 atom stereocenters. The second kappa shape index (κ2) is 7.58. The fourth-order valence-corrected chi connectivity index (χ4v) is 3.12. The van der Waals surface area contributed by atoms with Crippen LogP contribution in [0.1, 0.15) is 0 Å². The van der Waals surface area contributed by atoms with Crippen LogP contribution in [0.4, 0.5) is 5.69 Å². The summed E-state index contributed by atoms with van der Waals surface area (Å²) in [6.07, 6.45) is -0.372. The van der Waals surface area contributed by atoms with Gasteiger partial charge in [-0.25, -0.2) is 13.1 Å². The summed E-state index contributed by atoms with van der Waals surface area (Å²) in [7, 11) is -3.33. The van der Waals surface area contributed by atoms with Gasteiger partial charge in [0.2, 0.25) is 10.0 Å². The van der Waals surface area contributed by atoms with Crippen molar-refractivity contribution in [1.29, 1.82) is 0 Å². The van der Waals surface area contributed by atoms with Crippen molar-refractivity contribution in [2.75, 3.05) is 44.0 Å². The number of hydrogen-bond donors (Lipinski definition) is 2. The second-order valence-electron chi connectivity index (χ2n) is 4.54. The fraction of sp³-hybridized carbons (Fsp3) is 0.538. The highest BCUT2D eigenvalue weighted by Crippen LogP contribution is 2.05. The summed E-state index contributed by atoms with van der Waals surface area (Å²) in [6.45, 7) is 2.19. The van der Waals surface area contributed by atoms with Crippen molar-refractivity contribution in [3.8, 4) is 0 Å². The normalized spacial score (nSPS) is 19.7. The van der Waals surface area contributed by atoms with E-state index in [9.17, 15) is 8.42 Å². The van der Waals surface area contributed by atoms with Gasteiger partial charge in [0.25, 0.3) is 0 Å². The van der Waals surface area contributed by atoms with Crippen LogP contribution in [0.15, 0.2) is 30.3 Å². The van der Waals surface area contributed by atoms with E-state index < -0.39 is 10.0 Å². The van der Waals surface area contributed by atoms with Crippen LogP contribution in [0.3, 0.4) is 0 Å².